The van der Waals surface area contributed by atoms with E-state index in [0.717, 1.165) is 8.61 Å². The fourth-order valence-corrected chi connectivity index (χ4v) is 9.62. The second kappa shape index (κ2) is 20.7. The largest absolute Gasteiger partial charge is 0.494 e. The summed E-state index contributed by atoms with van der Waals surface area (Å²) in [5.41, 5.74) is 1.89. The highest BCUT2D eigenvalue weighted by atomic mass is 35.5. The zero-order valence-electron chi connectivity index (χ0n) is 35.1. The third-order valence-electron chi connectivity index (χ3n) is 9.68. The van der Waals surface area contributed by atoms with Gasteiger partial charge in [-0.1, -0.05) is 77.8 Å². The van der Waals surface area contributed by atoms with Crippen LogP contribution in [0.3, 0.4) is 0 Å². The van der Waals surface area contributed by atoms with Crippen LogP contribution in [0.25, 0.3) is 21.8 Å². The van der Waals surface area contributed by atoms with Crippen molar-refractivity contribution in [2.24, 2.45) is 20.5 Å². The normalized spacial score (nSPS) is 11.7. The molecule has 2 aromatic heterocycles. The molecule has 0 fully saturated rings. The molecule has 4 N–H and O–H groups in total. The van der Waals surface area contributed by atoms with Crippen LogP contribution >= 0.6 is 23.2 Å². The third kappa shape index (κ3) is 11.1. The zero-order valence-corrected chi connectivity index (χ0v) is 38.2. The highest BCUT2D eigenvalue weighted by Crippen LogP contribution is 2.37. The first kappa shape index (κ1) is 47.4. The lowest BCUT2D eigenvalue weighted by molar-refractivity contribution is -0.117. The molecule has 8 rings (SSSR count). The van der Waals surface area contributed by atoms with E-state index in [1.165, 1.54) is 84.9 Å². The van der Waals surface area contributed by atoms with Crippen molar-refractivity contribution in [3.05, 3.63) is 162 Å². The molecule has 0 saturated carbocycles. The molecule has 6 aromatic carbocycles. The number of aromatic amines is 2. The quantitative estimate of drug-likeness (QED) is 0.0757. The number of sulfonamides is 2. The van der Waals surface area contributed by atoms with Gasteiger partial charge in [-0.3, -0.25) is 18.2 Å². The fourth-order valence-electron chi connectivity index (χ4n) is 6.52. The van der Waals surface area contributed by atoms with Crippen molar-refractivity contribution >= 4 is 99.6 Å². The SMILES string of the molecule is CCOc1ccc(S(=O)(=O)N(CC(=O)N=Nc2c(O)[nH]c3ccccc23)c2ccc(Cl)cc2)cc1.O=C(CN(c1ccc(Cl)cc1)S(=O)(=O)c1ccccc1)N=Nc1c(O)[nH]c2ccccc12. The molecule has 0 spiro atoms. The molecule has 2 amide bonds. The average Bonchev–Trinajstić information content (AvgIpc) is 3.83. The number of carbonyl (C=O) groups excluding carboxylic acids is 2. The molecule has 0 radical (unpaired) electrons. The monoisotopic (exact) mass is 980 g/mol. The van der Waals surface area contributed by atoms with Crippen molar-refractivity contribution in [2.75, 3.05) is 28.3 Å². The average molecular weight is 982 g/mol. The van der Waals surface area contributed by atoms with Gasteiger partial charge in [-0.2, -0.15) is 0 Å². The van der Waals surface area contributed by atoms with Crippen LogP contribution in [-0.4, -0.2) is 68.5 Å². The van der Waals surface area contributed by atoms with Gasteiger partial charge >= 0.3 is 0 Å². The van der Waals surface area contributed by atoms with Crippen molar-refractivity contribution in [1.82, 2.24) is 9.97 Å². The number of nitrogens with zero attached hydrogens (tertiary/aromatic N) is 6. The summed E-state index contributed by atoms with van der Waals surface area (Å²) in [6.07, 6.45) is 0. The van der Waals surface area contributed by atoms with Gasteiger partial charge in [0.15, 0.2) is 11.4 Å². The first-order valence-electron chi connectivity index (χ1n) is 20.0. The van der Waals surface area contributed by atoms with Crippen LogP contribution in [0.2, 0.25) is 10.0 Å². The first-order chi connectivity index (χ1) is 32.1. The van der Waals surface area contributed by atoms with Crippen LogP contribution in [0.1, 0.15) is 6.92 Å². The zero-order chi connectivity index (χ0) is 47.7. The minimum Gasteiger partial charge on any atom is -0.494 e. The number of hydrogen-bond donors (Lipinski definition) is 4. The summed E-state index contributed by atoms with van der Waals surface area (Å²) in [6, 6.07) is 39.7. The lowest BCUT2D eigenvalue weighted by atomic mass is 10.2. The number of nitrogens with one attached hydrogen (secondary N) is 2. The number of anilines is 2. The predicted molar refractivity (Wildman–Crippen MR) is 255 cm³/mol. The Kier molecular flexibility index (Phi) is 14.7. The number of aromatic hydroxyl groups is 2. The third-order valence-corrected chi connectivity index (χ3v) is 13.8. The van der Waals surface area contributed by atoms with Crippen LogP contribution in [0.4, 0.5) is 22.7 Å². The van der Waals surface area contributed by atoms with Crippen LogP contribution in [0, 0.1) is 0 Å². The first-order valence-corrected chi connectivity index (χ1v) is 23.6. The van der Waals surface area contributed by atoms with Gasteiger partial charge < -0.3 is 24.9 Å². The van der Waals surface area contributed by atoms with Crippen LogP contribution < -0.4 is 13.3 Å². The van der Waals surface area contributed by atoms with Gasteiger partial charge in [0.05, 0.1) is 38.8 Å². The Balaban J connectivity index is 0.000000200. The summed E-state index contributed by atoms with van der Waals surface area (Å²) in [6.45, 7) is 1.05. The van der Waals surface area contributed by atoms with E-state index >= 15 is 0 Å². The maximum Gasteiger partial charge on any atom is 0.285 e. The smallest absolute Gasteiger partial charge is 0.285 e. The summed E-state index contributed by atoms with van der Waals surface area (Å²) in [7, 11) is -8.22. The summed E-state index contributed by atoms with van der Waals surface area (Å²) < 4.78 is 60.7. The number of hydrogen-bond acceptors (Lipinski definition) is 11. The lowest BCUT2D eigenvalue weighted by Gasteiger charge is -2.23. The second-order valence-electron chi connectivity index (χ2n) is 14.1. The van der Waals surface area contributed by atoms with Gasteiger partial charge in [0.2, 0.25) is 11.8 Å². The van der Waals surface area contributed by atoms with E-state index in [0.29, 0.717) is 44.2 Å². The molecule has 342 valence electrons. The van der Waals surface area contributed by atoms with Crippen LogP contribution in [-0.2, 0) is 29.6 Å². The summed E-state index contributed by atoms with van der Waals surface area (Å²) in [4.78, 5) is 30.9. The highest BCUT2D eigenvalue weighted by Gasteiger charge is 2.29. The van der Waals surface area contributed by atoms with Crippen molar-refractivity contribution in [3.63, 3.8) is 0 Å². The molecule has 0 unspecified atom stereocenters. The fraction of sp³-hybridized carbons (Fsp3) is 0.0870. The van der Waals surface area contributed by atoms with Crippen molar-refractivity contribution in [3.8, 4) is 17.5 Å². The van der Waals surface area contributed by atoms with E-state index in [2.05, 4.69) is 30.4 Å². The van der Waals surface area contributed by atoms with Gasteiger partial charge in [0, 0.05) is 20.8 Å². The number of H-pyrrole nitrogens is 2. The number of fused-ring (bicyclic) bond motifs is 2. The highest BCUT2D eigenvalue weighted by molar-refractivity contribution is 7.93. The van der Waals surface area contributed by atoms with E-state index < -0.39 is 45.0 Å². The molecule has 0 bridgehead atoms. The molecule has 17 nitrogen and oxygen atoms in total. The number of amides is 2. The molecule has 67 heavy (non-hydrogen) atoms. The maximum absolute atomic E-state index is 13.5. The van der Waals surface area contributed by atoms with Crippen LogP contribution in [0.15, 0.2) is 182 Å². The maximum atomic E-state index is 13.5. The number of carbonyl (C=O) groups is 2. The van der Waals surface area contributed by atoms with Gasteiger partial charge in [-0.15, -0.1) is 20.5 Å². The van der Waals surface area contributed by atoms with Crippen LogP contribution in [0.5, 0.6) is 17.5 Å². The van der Waals surface area contributed by atoms with E-state index in [9.17, 15) is 36.6 Å². The van der Waals surface area contributed by atoms with Gasteiger partial charge in [0.25, 0.3) is 31.9 Å². The number of benzene rings is 6. The van der Waals surface area contributed by atoms with Gasteiger partial charge in [-0.05, 0) is 104 Å². The molecule has 0 saturated heterocycles. The molecular weight excluding hydrogens is 944 g/mol. The predicted octanol–water partition coefficient (Wildman–Crippen LogP) is 10.5. The minimum absolute atomic E-state index is 0.0222. The Labute approximate surface area is 393 Å². The Bertz CT molecular complexity index is 3330. The summed E-state index contributed by atoms with van der Waals surface area (Å²) in [5.74, 6) is -1.62. The number of aromatic nitrogens is 2. The molecular formula is C46H38Cl2N8O9S2. The number of azo groups is 2. The minimum atomic E-state index is -4.15. The van der Waals surface area contributed by atoms with Crippen molar-refractivity contribution in [2.45, 2.75) is 16.7 Å². The van der Waals surface area contributed by atoms with E-state index in [-0.39, 0.29) is 44.3 Å². The molecule has 2 heterocycles. The van der Waals surface area contributed by atoms with E-state index in [4.69, 9.17) is 27.9 Å². The molecule has 0 atom stereocenters. The Morgan fingerprint density at radius 3 is 1.36 bits per heavy atom. The topological polar surface area (TPSA) is 240 Å². The van der Waals surface area contributed by atoms with Crippen molar-refractivity contribution in [1.29, 1.82) is 0 Å². The summed E-state index contributed by atoms with van der Waals surface area (Å²) >= 11 is 11.9. The van der Waals surface area contributed by atoms with E-state index in [1.54, 1.807) is 66.7 Å². The Hall–Kier alpha value is -7.58. The molecule has 0 aliphatic heterocycles. The standard InChI is InChI=1S/C24H21ClN4O5S.C22H17ClN4O4S/c1-2-34-18-11-13-19(14-12-18)35(32,33)29(17-9-7-16(25)8-10-17)15-22(30)27-28-23-20-5-3-4-6-21(20)26-24(23)31;23-15-10-12-16(13-11-15)27(32(30,31)17-6-2-1-3-7-17)14-20(28)25-26-21-18-8-4-5-9-19(18)24-22(21)29/h3-14,26,31H,2,15H2,1H3;1-13,24,29H,14H2. The number of ether oxygens (including phenoxy) is 1. The molecule has 21 heteroatoms. The Morgan fingerprint density at radius 1 is 0.552 bits per heavy atom. The van der Waals surface area contributed by atoms with Gasteiger partial charge in [0.1, 0.15) is 18.8 Å². The molecule has 8 aromatic rings. The molecule has 0 aliphatic carbocycles. The van der Waals surface area contributed by atoms with E-state index in [1.807, 2.05) is 6.92 Å². The second-order valence-corrected chi connectivity index (χ2v) is 18.7. The number of rotatable bonds is 14. The summed E-state index contributed by atoms with van der Waals surface area (Å²) in [5, 5.41) is 37.2. The number of halogens is 2. The number of para-hydroxylation sites is 2. The molecule has 0 aliphatic rings. The van der Waals surface area contributed by atoms with Gasteiger partial charge in [-0.25, -0.2) is 16.8 Å². The van der Waals surface area contributed by atoms with Crippen molar-refractivity contribution < 1.29 is 41.4 Å². The lowest BCUT2D eigenvalue weighted by Crippen LogP contribution is -2.35. The Morgan fingerprint density at radius 2 is 0.940 bits per heavy atom.